The molecule has 3 aromatic carbocycles. The largest absolute Gasteiger partial charge is 0.271 e. The van der Waals surface area contributed by atoms with Gasteiger partial charge in [0.2, 0.25) is 0 Å². The quantitative estimate of drug-likeness (QED) is 0.389. The molecule has 178 valence electrons. The lowest BCUT2D eigenvalue weighted by Gasteiger charge is -2.25. The Kier molecular flexibility index (Phi) is 7.57. The van der Waals surface area contributed by atoms with Crippen molar-refractivity contribution in [3.8, 4) is 0 Å². The van der Waals surface area contributed by atoms with Gasteiger partial charge in [0.15, 0.2) is 0 Å². The van der Waals surface area contributed by atoms with E-state index in [9.17, 15) is 13.2 Å². The van der Waals surface area contributed by atoms with Gasteiger partial charge in [-0.2, -0.15) is 5.10 Å². The number of benzene rings is 3. The Bertz CT molecular complexity index is 1340. The highest BCUT2D eigenvalue weighted by atomic mass is 32.2. The van der Waals surface area contributed by atoms with E-state index in [1.54, 1.807) is 36.5 Å². The number of hydrazone groups is 1. The first-order chi connectivity index (χ1) is 16.0. The first-order valence-corrected chi connectivity index (χ1v) is 12.5. The lowest BCUT2D eigenvalue weighted by Crippen LogP contribution is -2.40. The van der Waals surface area contributed by atoms with Crippen LogP contribution in [-0.4, -0.2) is 27.1 Å². The summed E-state index contributed by atoms with van der Waals surface area (Å²) in [6.45, 7) is 11.3. The fraction of sp³-hybridized carbons (Fsp3) is 0.259. The second kappa shape index (κ2) is 10.2. The van der Waals surface area contributed by atoms with Crippen LogP contribution in [0.2, 0.25) is 0 Å². The second-order valence-corrected chi connectivity index (χ2v) is 10.5. The van der Waals surface area contributed by atoms with Crippen molar-refractivity contribution in [2.45, 2.75) is 46.4 Å². The molecule has 6 nitrogen and oxygen atoms in total. The van der Waals surface area contributed by atoms with Gasteiger partial charge in [0.05, 0.1) is 16.8 Å². The van der Waals surface area contributed by atoms with Gasteiger partial charge in [-0.3, -0.25) is 9.10 Å². The smallest absolute Gasteiger partial charge is 0.264 e. The predicted octanol–water partition coefficient (Wildman–Crippen LogP) is 4.88. The molecule has 0 heterocycles. The Labute approximate surface area is 202 Å². The number of anilines is 1. The Morgan fingerprint density at radius 3 is 2.15 bits per heavy atom. The van der Waals surface area contributed by atoms with Crippen LogP contribution >= 0.6 is 0 Å². The van der Waals surface area contributed by atoms with Crippen molar-refractivity contribution in [3.63, 3.8) is 0 Å². The molecular weight excluding hydrogens is 446 g/mol. The average molecular weight is 478 g/mol. The average Bonchev–Trinajstić information content (AvgIpc) is 2.78. The lowest BCUT2D eigenvalue weighted by molar-refractivity contribution is -0.119. The third kappa shape index (κ3) is 5.54. The summed E-state index contributed by atoms with van der Waals surface area (Å²) in [5.74, 6) is -0.534. The van der Waals surface area contributed by atoms with Crippen molar-refractivity contribution in [2.75, 3.05) is 10.8 Å². The van der Waals surface area contributed by atoms with Crippen molar-refractivity contribution in [3.05, 3.63) is 93.5 Å². The van der Waals surface area contributed by atoms with E-state index in [1.807, 2.05) is 65.8 Å². The van der Waals surface area contributed by atoms with Crippen molar-refractivity contribution >= 4 is 27.8 Å². The molecule has 0 bridgehead atoms. The van der Waals surface area contributed by atoms with Crippen LogP contribution in [0.4, 0.5) is 5.69 Å². The number of amides is 1. The molecule has 7 heteroatoms. The van der Waals surface area contributed by atoms with Crippen LogP contribution in [-0.2, 0) is 14.8 Å². The first kappa shape index (κ1) is 25.2. The van der Waals surface area contributed by atoms with Crippen LogP contribution < -0.4 is 9.73 Å². The maximum absolute atomic E-state index is 13.5. The Morgan fingerprint density at radius 2 is 1.50 bits per heavy atom. The van der Waals surface area contributed by atoms with Gasteiger partial charge in [-0.25, -0.2) is 13.8 Å². The highest BCUT2D eigenvalue weighted by molar-refractivity contribution is 7.92. The van der Waals surface area contributed by atoms with E-state index in [0.29, 0.717) is 5.69 Å². The minimum Gasteiger partial charge on any atom is -0.271 e. The molecule has 0 saturated heterocycles. The van der Waals surface area contributed by atoms with Crippen LogP contribution in [0.1, 0.15) is 38.9 Å². The van der Waals surface area contributed by atoms with Crippen molar-refractivity contribution in [1.82, 2.24) is 5.43 Å². The highest BCUT2D eigenvalue weighted by Gasteiger charge is 2.28. The number of hydrogen-bond donors (Lipinski definition) is 1. The summed E-state index contributed by atoms with van der Waals surface area (Å²) in [4.78, 5) is 12.9. The van der Waals surface area contributed by atoms with E-state index in [2.05, 4.69) is 10.5 Å². The zero-order valence-corrected chi connectivity index (χ0v) is 21.3. The summed E-state index contributed by atoms with van der Waals surface area (Å²) in [6.07, 6.45) is 1.58. The van der Waals surface area contributed by atoms with Gasteiger partial charge in [-0.05, 0) is 87.6 Å². The van der Waals surface area contributed by atoms with Gasteiger partial charge in [0.1, 0.15) is 6.54 Å². The summed E-state index contributed by atoms with van der Waals surface area (Å²) in [7, 11) is -3.97. The second-order valence-electron chi connectivity index (χ2n) is 8.63. The van der Waals surface area contributed by atoms with Crippen molar-refractivity contribution in [2.24, 2.45) is 5.10 Å². The molecule has 34 heavy (non-hydrogen) atoms. The fourth-order valence-electron chi connectivity index (χ4n) is 3.68. The van der Waals surface area contributed by atoms with Crippen molar-refractivity contribution < 1.29 is 13.2 Å². The number of carbonyl (C=O) groups excluding carboxylic acids is 1. The molecule has 0 aliphatic rings. The number of rotatable bonds is 7. The number of sulfonamides is 1. The van der Waals surface area contributed by atoms with E-state index < -0.39 is 22.5 Å². The van der Waals surface area contributed by atoms with Crippen LogP contribution in [0.5, 0.6) is 0 Å². The van der Waals surface area contributed by atoms with E-state index in [4.69, 9.17) is 0 Å². The number of nitrogens with one attached hydrogen (secondary N) is 1. The summed E-state index contributed by atoms with van der Waals surface area (Å²) in [6, 6.07) is 16.0. The minimum atomic E-state index is -3.97. The minimum absolute atomic E-state index is 0.125. The van der Waals surface area contributed by atoms with E-state index in [0.717, 1.165) is 32.1 Å². The summed E-state index contributed by atoms with van der Waals surface area (Å²) < 4.78 is 28.2. The Balaban J connectivity index is 1.89. The number of carbonyl (C=O) groups is 1. The monoisotopic (exact) mass is 477 g/mol. The molecule has 3 rings (SSSR count). The number of nitrogens with zero attached hydrogens (tertiary/aromatic N) is 2. The molecule has 1 amide bonds. The molecule has 1 N–H and O–H groups in total. The summed E-state index contributed by atoms with van der Waals surface area (Å²) in [5.41, 5.74) is 9.97. The molecule has 0 spiro atoms. The van der Waals surface area contributed by atoms with Gasteiger partial charge in [-0.15, -0.1) is 0 Å². The lowest BCUT2D eigenvalue weighted by atomic mass is 10.00. The molecule has 0 atom stereocenters. The van der Waals surface area contributed by atoms with Gasteiger partial charge >= 0.3 is 0 Å². The first-order valence-electron chi connectivity index (χ1n) is 11.1. The van der Waals surface area contributed by atoms with Crippen LogP contribution in [0.25, 0.3) is 0 Å². The molecule has 0 saturated carbocycles. The number of hydrogen-bond acceptors (Lipinski definition) is 4. The normalized spacial score (nSPS) is 11.6. The third-order valence-electron chi connectivity index (χ3n) is 6.01. The SMILES string of the molecule is Cc1ccc(S(=O)(=O)N(CC(=O)N/N=C\c2ccc(C)c(C)c2C)c2ccc(C)cc2C)cc1. The van der Waals surface area contributed by atoms with Gasteiger partial charge in [-0.1, -0.05) is 47.5 Å². The Morgan fingerprint density at radius 1 is 0.853 bits per heavy atom. The maximum atomic E-state index is 13.5. The van der Waals surface area contributed by atoms with Crippen molar-refractivity contribution in [1.29, 1.82) is 0 Å². The molecule has 0 aromatic heterocycles. The predicted molar refractivity (Wildman–Crippen MR) is 138 cm³/mol. The molecule has 0 radical (unpaired) electrons. The maximum Gasteiger partial charge on any atom is 0.264 e. The molecule has 0 aliphatic carbocycles. The Hall–Kier alpha value is -3.45. The zero-order chi connectivity index (χ0) is 25.0. The summed E-state index contributed by atoms with van der Waals surface area (Å²) >= 11 is 0. The van der Waals surface area contributed by atoms with Gasteiger partial charge in [0.25, 0.3) is 15.9 Å². The topological polar surface area (TPSA) is 78.8 Å². The van der Waals surface area contributed by atoms with Crippen LogP contribution in [0.15, 0.2) is 64.6 Å². The molecule has 0 aliphatic heterocycles. The van der Waals surface area contributed by atoms with E-state index in [1.165, 1.54) is 11.1 Å². The van der Waals surface area contributed by atoms with Crippen LogP contribution in [0.3, 0.4) is 0 Å². The van der Waals surface area contributed by atoms with E-state index in [-0.39, 0.29) is 4.90 Å². The van der Waals surface area contributed by atoms with E-state index >= 15 is 0 Å². The van der Waals surface area contributed by atoms with Gasteiger partial charge in [0, 0.05) is 0 Å². The number of aryl methyl sites for hydroxylation is 4. The zero-order valence-electron chi connectivity index (χ0n) is 20.5. The molecule has 0 fully saturated rings. The summed E-state index contributed by atoms with van der Waals surface area (Å²) in [5, 5.41) is 4.08. The molecule has 0 unspecified atom stereocenters. The molecular formula is C27H31N3O3S. The van der Waals surface area contributed by atoms with Crippen LogP contribution in [0, 0.1) is 41.5 Å². The standard InChI is InChI=1S/C27H31N3O3S/c1-18-7-12-25(13-8-18)34(32,33)30(26-14-9-19(2)15-21(26)4)17-27(31)29-28-16-24-11-10-20(3)22(5)23(24)6/h7-16H,17H2,1-6H3,(H,29,31)/b28-16-. The highest BCUT2D eigenvalue weighted by Crippen LogP contribution is 2.27. The third-order valence-corrected chi connectivity index (χ3v) is 7.78. The fourth-order valence-corrected chi connectivity index (χ4v) is 5.16. The van der Waals surface area contributed by atoms with Gasteiger partial charge < -0.3 is 0 Å². The molecule has 3 aromatic rings.